The van der Waals surface area contributed by atoms with Gasteiger partial charge in [0.2, 0.25) is 0 Å². The van der Waals surface area contributed by atoms with E-state index in [2.05, 4.69) is 19.2 Å². The first kappa shape index (κ1) is 23.6. The fourth-order valence-corrected chi connectivity index (χ4v) is 6.69. The van der Waals surface area contributed by atoms with Crippen molar-refractivity contribution >= 4 is 46.7 Å². The zero-order valence-electron chi connectivity index (χ0n) is 19.7. The number of benzene rings is 3. The van der Waals surface area contributed by atoms with Crippen LogP contribution in [-0.2, 0) is 16.2 Å². The predicted molar refractivity (Wildman–Crippen MR) is 141 cm³/mol. The molecule has 3 amide bonds. The van der Waals surface area contributed by atoms with Crippen LogP contribution >= 0.6 is 23.4 Å². The number of ether oxygens (including phenoxy) is 1. The highest BCUT2D eigenvalue weighted by molar-refractivity contribution is 8.02. The van der Waals surface area contributed by atoms with Gasteiger partial charge in [0.25, 0.3) is 5.91 Å². The van der Waals surface area contributed by atoms with E-state index >= 15 is 0 Å². The number of amides is 3. The molecule has 35 heavy (non-hydrogen) atoms. The first-order chi connectivity index (χ1) is 16.7. The smallest absolute Gasteiger partial charge is 0.323 e. The Hall–Kier alpha value is -3.16. The standard InChI is InChI=1S/C27H26ClN3O3S/c1-26(2)17-31(25(33)29-20-10-7-11-21(15-20)34-3)27(35-26)22-14-19(28)12-13-23(22)30(24(27)32)16-18-8-5-4-6-9-18/h4-15H,16-17H2,1-3H3,(H,29,33)/t27-/m1/s1. The summed E-state index contributed by atoms with van der Waals surface area (Å²) in [6.45, 7) is 4.90. The second-order valence-corrected chi connectivity index (χ2v) is 11.6. The van der Waals surface area contributed by atoms with E-state index in [0.717, 1.165) is 16.8 Å². The number of nitrogens with zero attached hydrogens (tertiary/aromatic N) is 2. The zero-order valence-corrected chi connectivity index (χ0v) is 21.3. The average Bonchev–Trinajstić information content (AvgIpc) is 3.26. The molecule has 3 aromatic rings. The summed E-state index contributed by atoms with van der Waals surface area (Å²) in [7, 11) is 1.58. The highest BCUT2D eigenvalue weighted by atomic mass is 35.5. The van der Waals surface area contributed by atoms with Crippen molar-refractivity contribution in [2.24, 2.45) is 0 Å². The molecule has 1 N–H and O–H groups in total. The number of carbonyl (C=O) groups excluding carboxylic acids is 2. The van der Waals surface area contributed by atoms with E-state index in [1.54, 1.807) is 35.1 Å². The number of fused-ring (bicyclic) bond motifs is 2. The fourth-order valence-electron chi connectivity index (χ4n) is 4.79. The average molecular weight is 508 g/mol. The van der Waals surface area contributed by atoms with E-state index in [4.69, 9.17) is 16.3 Å². The third-order valence-electron chi connectivity index (χ3n) is 6.24. The van der Waals surface area contributed by atoms with Crippen molar-refractivity contribution in [1.29, 1.82) is 0 Å². The minimum absolute atomic E-state index is 0.144. The molecule has 0 radical (unpaired) electrons. The largest absolute Gasteiger partial charge is 0.497 e. The van der Waals surface area contributed by atoms with Gasteiger partial charge < -0.3 is 15.0 Å². The maximum absolute atomic E-state index is 14.3. The number of nitrogens with one attached hydrogen (secondary N) is 1. The number of urea groups is 1. The van der Waals surface area contributed by atoms with Gasteiger partial charge in [0.1, 0.15) is 5.75 Å². The fraction of sp³-hybridized carbons (Fsp3) is 0.259. The molecule has 1 atom stereocenters. The van der Waals surface area contributed by atoms with E-state index in [9.17, 15) is 9.59 Å². The van der Waals surface area contributed by atoms with Crippen LogP contribution in [0, 0.1) is 0 Å². The molecule has 1 saturated heterocycles. The van der Waals surface area contributed by atoms with Crippen molar-refractivity contribution in [3.05, 3.63) is 88.9 Å². The number of hydrogen-bond donors (Lipinski definition) is 1. The predicted octanol–water partition coefficient (Wildman–Crippen LogP) is 6.11. The lowest BCUT2D eigenvalue weighted by Crippen LogP contribution is -2.51. The van der Waals surface area contributed by atoms with Crippen LogP contribution in [0.15, 0.2) is 72.8 Å². The van der Waals surface area contributed by atoms with Crippen LogP contribution in [0.5, 0.6) is 5.75 Å². The second-order valence-electron chi connectivity index (χ2n) is 9.29. The van der Waals surface area contributed by atoms with Crippen LogP contribution in [0.4, 0.5) is 16.2 Å². The molecule has 0 unspecified atom stereocenters. The molecule has 1 fully saturated rings. The molecular weight excluding hydrogens is 482 g/mol. The highest BCUT2D eigenvalue weighted by Gasteiger charge is 2.63. The Balaban J connectivity index is 1.58. The first-order valence-corrected chi connectivity index (χ1v) is 12.5. The number of halogens is 1. The topological polar surface area (TPSA) is 61.9 Å². The summed E-state index contributed by atoms with van der Waals surface area (Å²) in [6, 6.07) is 22.1. The molecule has 2 aliphatic rings. The third kappa shape index (κ3) is 4.13. The monoisotopic (exact) mass is 507 g/mol. The number of methoxy groups -OCH3 is 1. The van der Waals surface area contributed by atoms with Crippen molar-refractivity contribution in [3.8, 4) is 5.75 Å². The van der Waals surface area contributed by atoms with Crippen LogP contribution in [-0.4, -0.2) is 35.2 Å². The van der Waals surface area contributed by atoms with Gasteiger partial charge in [-0.3, -0.25) is 9.69 Å². The molecular formula is C27H26ClN3O3S. The molecule has 2 heterocycles. The maximum atomic E-state index is 14.3. The summed E-state index contributed by atoms with van der Waals surface area (Å²) in [4.78, 5) is 30.2. The van der Waals surface area contributed by atoms with Gasteiger partial charge in [0.15, 0.2) is 4.87 Å². The maximum Gasteiger partial charge on any atom is 0.323 e. The Kier molecular flexibility index (Phi) is 5.93. The number of rotatable bonds is 4. The van der Waals surface area contributed by atoms with Crippen molar-refractivity contribution < 1.29 is 14.3 Å². The lowest BCUT2D eigenvalue weighted by molar-refractivity contribution is -0.123. The summed E-state index contributed by atoms with van der Waals surface area (Å²) in [5.74, 6) is 0.492. The normalized spacial score (nSPS) is 20.3. The van der Waals surface area contributed by atoms with Crippen LogP contribution < -0.4 is 15.0 Å². The molecule has 0 bridgehead atoms. The molecule has 180 valence electrons. The van der Waals surface area contributed by atoms with E-state index < -0.39 is 4.87 Å². The minimum atomic E-state index is -1.22. The lowest BCUT2D eigenvalue weighted by Gasteiger charge is -2.33. The Labute approximate surface area is 214 Å². The molecule has 5 rings (SSSR count). The van der Waals surface area contributed by atoms with E-state index in [1.165, 1.54) is 11.8 Å². The van der Waals surface area contributed by atoms with E-state index in [0.29, 0.717) is 29.5 Å². The first-order valence-electron chi connectivity index (χ1n) is 11.3. The van der Waals surface area contributed by atoms with Gasteiger partial charge >= 0.3 is 6.03 Å². The summed E-state index contributed by atoms with van der Waals surface area (Å²) >= 11 is 7.93. The zero-order chi connectivity index (χ0) is 24.8. The van der Waals surface area contributed by atoms with Gasteiger partial charge in [0.05, 0.1) is 19.3 Å². The number of thioether (sulfide) groups is 1. The van der Waals surface area contributed by atoms with Crippen molar-refractivity contribution in [3.63, 3.8) is 0 Å². The van der Waals surface area contributed by atoms with Gasteiger partial charge in [-0.2, -0.15) is 0 Å². The van der Waals surface area contributed by atoms with Crippen LogP contribution in [0.1, 0.15) is 25.0 Å². The Morgan fingerprint density at radius 2 is 1.86 bits per heavy atom. The van der Waals surface area contributed by atoms with Crippen LogP contribution in [0.25, 0.3) is 0 Å². The van der Waals surface area contributed by atoms with Crippen molar-refractivity contribution in [1.82, 2.24) is 4.90 Å². The summed E-state index contributed by atoms with van der Waals surface area (Å²) in [5.41, 5.74) is 3.11. The van der Waals surface area contributed by atoms with Crippen molar-refractivity contribution in [2.45, 2.75) is 30.0 Å². The SMILES string of the molecule is COc1cccc(NC(=O)N2CC(C)(C)S[C@]23C(=O)N(Cc2ccccc2)c2ccc(Cl)cc23)c1. The van der Waals surface area contributed by atoms with Gasteiger partial charge in [-0.25, -0.2) is 4.79 Å². The number of anilines is 2. The van der Waals surface area contributed by atoms with Crippen LogP contribution in [0.3, 0.4) is 0 Å². The lowest BCUT2D eigenvalue weighted by atomic mass is 10.0. The number of carbonyl (C=O) groups is 2. The molecule has 8 heteroatoms. The molecule has 6 nitrogen and oxygen atoms in total. The Bertz CT molecular complexity index is 1300. The molecule has 0 aliphatic carbocycles. The second kappa shape index (κ2) is 8.81. The summed E-state index contributed by atoms with van der Waals surface area (Å²) < 4.78 is 4.93. The Morgan fingerprint density at radius 3 is 2.60 bits per heavy atom. The van der Waals surface area contributed by atoms with E-state index in [-0.39, 0.29) is 16.7 Å². The van der Waals surface area contributed by atoms with Crippen LogP contribution in [0.2, 0.25) is 5.02 Å². The summed E-state index contributed by atoms with van der Waals surface area (Å²) in [6.07, 6.45) is 0. The molecule has 0 aromatic heterocycles. The molecule has 0 saturated carbocycles. The molecule has 1 spiro atoms. The molecule has 3 aromatic carbocycles. The third-order valence-corrected chi connectivity index (χ3v) is 8.07. The number of hydrogen-bond acceptors (Lipinski definition) is 4. The Morgan fingerprint density at radius 1 is 1.09 bits per heavy atom. The molecule has 2 aliphatic heterocycles. The van der Waals surface area contributed by atoms with Crippen molar-refractivity contribution in [2.75, 3.05) is 23.9 Å². The van der Waals surface area contributed by atoms with Gasteiger partial charge in [-0.15, -0.1) is 11.8 Å². The van der Waals surface area contributed by atoms with Gasteiger partial charge in [-0.05, 0) is 49.7 Å². The van der Waals surface area contributed by atoms with Gasteiger partial charge in [0, 0.05) is 33.6 Å². The highest BCUT2D eigenvalue weighted by Crippen LogP contribution is 2.60. The quantitative estimate of drug-likeness (QED) is 0.463. The van der Waals surface area contributed by atoms with E-state index in [1.807, 2.05) is 54.6 Å². The van der Waals surface area contributed by atoms with Gasteiger partial charge in [-0.1, -0.05) is 48.0 Å². The summed E-state index contributed by atoms with van der Waals surface area (Å²) in [5, 5.41) is 3.49. The minimum Gasteiger partial charge on any atom is -0.497 e.